The van der Waals surface area contributed by atoms with Crippen LogP contribution in [0.15, 0.2) is 0 Å². The zero-order chi connectivity index (χ0) is 8.97. The van der Waals surface area contributed by atoms with E-state index in [-0.39, 0.29) is 0 Å². The summed E-state index contributed by atoms with van der Waals surface area (Å²) >= 11 is 0. The molecule has 1 fully saturated rings. The second-order valence-corrected chi connectivity index (χ2v) is 3.11. The van der Waals surface area contributed by atoms with Crippen LogP contribution in [0.3, 0.4) is 0 Å². The number of amides is 1. The van der Waals surface area contributed by atoms with Crippen molar-refractivity contribution in [2.45, 2.75) is 25.8 Å². The van der Waals surface area contributed by atoms with Crippen LogP contribution in [0.5, 0.6) is 0 Å². The van der Waals surface area contributed by atoms with Crippen LogP contribution in [0.2, 0.25) is 0 Å². The average Bonchev–Trinajstić information content (AvgIpc) is 2.47. The molecule has 12 heavy (non-hydrogen) atoms. The van der Waals surface area contributed by atoms with E-state index in [1.807, 2.05) is 0 Å². The topological polar surface area (TPSA) is 52.6 Å². The number of likely N-dealkylation sites (N-methyl/N-ethyl adjacent to an activating group) is 1. The first-order valence-corrected chi connectivity index (χ1v) is 4.45. The van der Waals surface area contributed by atoms with Gasteiger partial charge in [0.15, 0.2) is 0 Å². The van der Waals surface area contributed by atoms with E-state index in [2.05, 4.69) is 17.1 Å². The summed E-state index contributed by atoms with van der Waals surface area (Å²) in [5.41, 5.74) is 0. The minimum atomic E-state index is -0.919. The molecule has 0 unspecified atom stereocenters. The highest BCUT2D eigenvalue weighted by molar-refractivity contribution is 5.64. The molecule has 1 saturated heterocycles. The van der Waals surface area contributed by atoms with Gasteiger partial charge in [0.05, 0.1) is 0 Å². The van der Waals surface area contributed by atoms with Gasteiger partial charge in [-0.25, -0.2) is 4.79 Å². The molecule has 0 radical (unpaired) electrons. The molecule has 0 spiro atoms. The molecule has 0 aromatic carbocycles. The Balaban J connectivity index is 2.26. The van der Waals surface area contributed by atoms with Gasteiger partial charge in [0.25, 0.3) is 0 Å². The molecule has 0 aliphatic carbocycles. The van der Waals surface area contributed by atoms with Gasteiger partial charge in [-0.3, -0.25) is 4.90 Å². The van der Waals surface area contributed by atoms with Crippen molar-refractivity contribution in [3.8, 4) is 0 Å². The predicted molar refractivity (Wildman–Crippen MR) is 46.3 cm³/mol. The quantitative estimate of drug-likeness (QED) is 0.660. The second kappa shape index (κ2) is 4.30. The van der Waals surface area contributed by atoms with Crippen LogP contribution in [0.1, 0.15) is 19.8 Å². The normalized spacial score (nSPS) is 24.2. The lowest BCUT2D eigenvalue weighted by Crippen LogP contribution is -2.39. The van der Waals surface area contributed by atoms with Crippen LogP contribution in [-0.2, 0) is 0 Å². The molecule has 1 atom stereocenters. The lowest BCUT2D eigenvalue weighted by Gasteiger charge is -2.21. The zero-order valence-electron chi connectivity index (χ0n) is 7.42. The zero-order valence-corrected chi connectivity index (χ0v) is 7.42. The van der Waals surface area contributed by atoms with E-state index in [0.29, 0.717) is 12.6 Å². The van der Waals surface area contributed by atoms with E-state index in [4.69, 9.17) is 5.11 Å². The molecule has 1 heterocycles. The standard InChI is InChI=1S/C8H16N2O2/c1-2-10-5-3-4-7(10)6-9-8(11)12/h7,9H,2-6H2,1H3,(H,11,12)/t7-/m1/s1. The van der Waals surface area contributed by atoms with E-state index >= 15 is 0 Å². The SMILES string of the molecule is CCN1CCC[C@@H]1CNC(=O)O. The number of carboxylic acid groups (broad SMARTS) is 1. The second-order valence-electron chi connectivity index (χ2n) is 3.11. The molecule has 1 amide bonds. The van der Waals surface area contributed by atoms with Crippen LogP contribution < -0.4 is 5.32 Å². The molecule has 0 aromatic rings. The smallest absolute Gasteiger partial charge is 0.404 e. The Morgan fingerprint density at radius 1 is 1.75 bits per heavy atom. The fourth-order valence-corrected chi connectivity index (χ4v) is 1.75. The summed E-state index contributed by atoms with van der Waals surface area (Å²) in [6, 6.07) is 0.422. The Hall–Kier alpha value is -0.770. The first-order valence-electron chi connectivity index (χ1n) is 4.45. The van der Waals surface area contributed by atoms with Crippen molar-refractivity contribution in [3.63, 3.8) is 0 Å². The summed E-state index contributed by atoms with van der Waals surface area (Å²) in [5, 5.41) is 10.8. The van der Waals surface area contributed by atoms with Crippen molar-refractivity contribution in [3.05, 3.63) is 0 Å². The number of hydrogen-bond donors (Lipinski definition) is 2. The maximum Gasteiger partial charge on any atom is 0.404 e. The molecule has 0 saturated carbocycles. The minimum absolute atomic E-state index is 0.422. The van der Waals surface area contributed by atoms with Crippen LogP contribution >= 0.6 is 0 Å². The number of hydrogen-bond acceptors (Lipinski definition) is 2. The molecule has 70 valence electrons. The number of nitrogens with one attached hydrogen (secondary N) is 1. The van der Waals surface area contributed by atoms with Gasteiger partial charge in [0.1, 0.15) is 0 Å². The van der Waals surface area contributed by atoms with Crippen LogP contribution in [0, 0.1) is 0 Å². The molecule has 1 aliphatic rings. The van der Waals surface area contributed by atoms with Gasteiger partial charge in [-0.1, -0.05) is 6.92 Å². The van der Waals surface area contributed by atoms with E-state index in [0.717, 1.165) is 19.5 Å². The number of carbonyl (C=O) groups is 1. The molecule has 0 bridgehead atoms. The molecule has 4 nitrogen and oxygen atoms in total. The van der Waals surface area contributed by atoms with Crippen LogP contribution in [0.4, 0.5) is 4.79 Å². The minimum Gasteiger partial charge on any atom is -0.465 e. The Labute approximate surface area is 72.6 Å². The highest BCUT2D eigenvalue weighted by Gasteiger charge is 2.22. The summed E-state index contributed by atoms with van der Waals surface area (Å²) in [7, 11) is 0. The first-order chi connectivity index (χ1) is 5.74. The summed E-state index contributed by atoms with van der Waals surface area (Å²) < 4.78 is 0. The van der Waals surface area contributed by atoms with Crippen molar-refractivity contribution in [2.24, 2.45) is 0 Å². The highest BCUT2D eigenvalue weighted by atomic mass is 16.4. The summed E-state index contributed by atoms with van der Waals surface area (Å²) in [5.74, 6) is 0. The fourth-order valence-electron chi connectivity index (χ4n) is 1.75. The third-order valence-corrected chi connectivity index (χ3v) is 2.39. The summed E-state index contributed by atoms with van der Waals surface area (Å²) in [6.45, 7) is 4.82. The van der Waals surface area contributed by atoms with Crippen LogP contribution in [-0.4, -0.2) is 41.8 Å². The Morgan fingerprint density at radius 3 is 3.08 bits per heavy atom. The van der Waals surface area contributed by atoms with Crippen molar-refractivity contribution < 1.29 is 9.90 Å². The number of nitrogens with zero attached hydrogens (tertiary/aromatic N) is 1. The van der Waals surface area contributed by atoms with Gasteiger partial charge in [-0.15, -0.1) is 0 Å². The van der Waals surface area contributed by atoms with Gasteiger partial charge >= 0.3 is 6.09 Å². The highest BCUT2D eigenvalue weighted by Crippen LogP contribution is 2.15. The van der Waals surface area contributed by atoms with Crippen molar-refractivity contribution in [1.82, 2.24) is 10.2 Å². The summed E-state index contributed by atoms with van der Waals surface area (Å²) in [4.78, 5) is 12.5. The molecule has 1 aliphatic heterocycles. The molecule has 0 aromatic heterocycles. The summed E-state index contributed by atoms with van der Waals surface area (Å²) in [6.07, 6.45) is 1.39. The van der Waals surface area contributed by atoms with Gasteiger partial charge in [-0.2, -0.15) is 0 Å². The van der Waals surface area contributed by atoms with E-state index in [9.17, 15) is 4.79 Å². The molecular formula is C8H16N2O2. The number of likely N-dealkylation sites (tertiary alicyclic amines) is 1. The van der Waals surface area contributed by atoms with Gasteiger partial charge < -0.3 is 10.4 Å². The molecule has 2 N–H and O–H groups in total. The van der Waals surface area contributed by atoms with Crippen molar-refractivity contribution in [1.29, 1.82) is 0 Å². The van der Waals surface area contributed by atoms with Gasteiger partial charge in [-0.05, 0) is 25.9 Å². The van der Waals surface area contributed by atoms with Crippen molar-refractivity contribution >= 4 is 6.09 Å². The first kappa shape index (κ1) is 9.32. The lowest BCUT2D eigenvalue weighted by atomic mass is 10.2. The van der Waals surface area contributed by atoms with Gasteiger partial charge in [0, 0.05) is 12.6 Å². The Kier molecular flexibility index (Phi) is 3.34. The van der Waals surface area contributed by atoms with Crippen molar-refractivity contribution in [2.75, 3.05) is 19.6 Å². The fraction of sp³-hybridized carbons (Fsp3) is 0.875. The maximum atomic E-state index is 10.2. The molecule has 1 rings (SSSR count). The van der Waals surface area contributed by atoms with Gasteiger partial charge in [0.2, 0.25) is 0 Å². The number of rotatable bonds is 3. The lowest BCUT2D eigenvalue weighted by molar-refractivity contribution is 0.187. The molecular weight excluding hydrogens is 156 g/mol. The molecule has 4 heteroatoms. The van der Waals surface area contributed by atoms with E-state index in [1.54, 1.807) is 0 Å². The van der Waals surface area contributed by atoms with E-state index in [1.165, 1.54) is 6.42 Å². The predicted octanol–water partition coefficient (Wildman–Crippen LogP) is 0.738. The monoisotopic (exact) mass is 172 g/mol. The Morgan fingerprint density at radius 2 is 2.50 bits per heavy atom. The third kappa shape index (κ3) is 2.37. The van der Waals surface area contributed by atoms with Crippen LogP contribution in [0.25, 0.3) is 0 Å². The Bertz CT molecular complexity index is 161. The maximum absolute atomic E-state index is 10.2. The third-order valence-electron chi connectivity index (χ3n) is 2.39. The van der Waals surface area contributed by atoms with E-state index < -0.39 is 6.09 Å². The largest absolute Gasteiger partial charge is 0.465 e. The average molecular weight is 172 g/mol.